The number of methoxy groups -OCH3 is 1. The average molecular weight is 237 g/mol. The highest BCUT2D eigenvalue weighted by Gasteiger charge is 2.32. The molecule has 1 heterocycles. The number of carbonyl (C=O) groups is 2. The van der Waals surface area contributed by atoms with E-state index in [0.717, 1.165) is 6.08 Å². The Balaban J connectivity index is 2.65. The molecular formula is C11H11NO5. The SMILES string of the molecule is COC1=CC(=O)c2[nH]c(CO)c(CO)c2C1=O. The maximum absolute atomic E-state index is 11.9. The van der Waals surface area contributed by atoms with Crippen LogP contribution in [-0.4, -0.2) is 33.9 Å². The molecule has 1 aliphatic carbocycles. The number of rotatable bonds is 3. The molecule has 0 atom stereocenters. The summed E-state index contributed by atoms with van der Waals surface area (Å²) in [5.74, 6) is -0.950. The molecule has 1 aromatic rings. The first-order chi connectivity index (χ1) is 8.13. The predicted octanol–water partition coefficient (Wildman–Crippen LogP) is -0.0914. The van der Waals surface area contributed by atoms with Gasteiger partial charge >= 0.3 is 0 Å². The molecule has 0 spiro atoms. The Morgan fingerprint density at radius 1 is 1.29 bits per heavy atom. The number of aromatic amines is 1. The van der Waals surface area contributed by atoms with Crippen LogP contribution >= 0.6 is 0 Å². The van der Waals surface area contributed by atoms with Crippen molar-refractivity contribution in [3.05, 3.63) is 34.3 Å². The van der Waals surface area contributed by atoms with E-state index in [2.05, 4.69) is 4.98 Å². The number of nitrogens with one attached hydrogen (secondary N) is 1. The average Bonchev–Trinajstić information content (AvgIpc) is 2.72. The summed E-state index contributed by atoms with van der Waals surface area (Å²) in [6, 6.07) is 0. The highest BCUT2D eigenvalue weighted by atomic mass is 16.5. The van der Waals surface area contributed by atoms with Crippen molar-refractivity contribution in [2.45, 2.75) is 13.2 Å². The molecule has 0 fully saturated rings. The van der Waals surface area contributed by atoms with Gasteiger partial charge in [-0.05, 0) is 0 Å². The Hall–Kier alpha value is -1.92. The molecular weight excluding hydrogens is 226 g/mol. The van der Waals surface area contributed by atoms with Crippen molar-refractivity contribution in [2.75, 3.05) is 7.11 Å². The molecule has 3 N–H and O–H groups in total. The highest BCUT2D eigenvalue weighted by Crippen LogP contribution is 2.27. The summed E-state index contributed by atoms with van der Waals surface area (Å²) in [5, 5.41) is 18.3. The van der Waals surface area contributed by atoms with E-state index in [1.807, 2.05) is 0 Å². The van der Waals surface area contributed by atoms with Crippen molar-refractivity contribution < 1.29 is 24.5 Å². The number of allylic oxidation sites excluding steroid dienone is 2. The van der Waals surface area contributed by atoms with Gasteiger partial charge in [-0.25, -0.2) is 0 Å². The lowest BCUT2D eigenvalue weighted by Crippen LogP contribution is -2.18. The molecule has 17 heavy (non-hydrogen) atoms. The van der Waals surface area contributed by atoms with E-state index >= 15 is 0 Å². The number of ketones is 2. The highest BCUT2D eigenvalue weighted by molar-refractivity contribution is 6.23. The van der Waals surface area contributed by atoms with Gasteiger partial charge in [-0.3, -0.25) is 9.59 Å². The van der Waals surface area contributed by atoms with E-state index < -0.39 is 18.2 Å². The second kappa shape index (κ2) is 4.15. The molecule has 1 aromatic heterocycles. The van der Waals surface area contributed by atoms with Crippen LogP contribution in [-0.2, 0) is 18.0 Å². The number of aliphatic hydroxyl groups excluding tert-OH is 2. The molecule has 6 heteroatoms. The smallest absolute Gasteiger partial charge is 0.230 e. The molecule has 90 valence electrons. The van der Waals surface area contributed by atoms with Crippen molar-refractivity contribution in [3.8, 4) is 0 Å². The van der Waals surface area contributed by atoms with E-state index in [4.69, 9.17) is 9.84 Å². The van der Waals surface area contributed by atoms with Crippen molar-refractivity contribution in [1.29, 1.82) is 0 Å². The fourth-order valence-corrected chi connectivity index (χ4v) is 1.87. The van der Waals surface area contributed by atoms with Gasteiger partial charge in [0.2, 0.25) is 11.6 Å². The summed E-state index contributed by atoms with van der Waals surface area (Å²) in [6.07, 6.45) is 1.09. The lowest BCUT2D eigenvalue weighted by Gasteiger charge is -2.11. The summed E-state index contributed by atoms with van der Waals surface area (Å²) in [7, 11) is 1.29. The summed E-state index contributed by atoms with van der Waals surface area (Å²) in [6.45, 7) is -0.816. The van der Waals surface area contributed by atoms with Crippen molar-refractivity contribution in [3.63, 3.8) is 0 Å². The molecule has 0 aliphatic heterocycles. The second-order valence-electron chi connectivity index (χ2n) is 3.55. The van der Waals surface area contributed by atoms with Crippen LogP contribution in [0.25, 0.3) is 0 Å². The molecule has 0 radical (unpaired) electrons. The van der Waals surface area contributed by atoms with Crippen LogP contribution < -0.4 is 0 Å². The van der Waals surface area contributed by atoms with Crippen molar-refractivity contribution in [1.82, 2.24) is 4.98 Å². The number of carbonyl (C=O) groups excluding carboxylic acids is 2. The van der Waals surface area contributed by atoms with Gasteiger partial charge in [0.15, 0.2) is 5.76 Å². The monoisotopic (exact) mass is 237 g/mol. The summed E-state index contributed by atoms with van der Waals surface area (Å²) >= 11 is 0. The fraction of sp³-hybridized carbons (Fsp3) is 0.273. The minimum Gasteiger partial charge on any atom is -0.492 e. The lowest BCUT2D eigenvalue weighted by molar-refractivity contribution is 0.0913. The van der Waals surface area contributed by atoms with Crippen LogP contribution in [0.4, 0.5) is 0 Å². The third kappa shape index (κ3) is 1.58. The van der Waals surface area contributed by atoms with Gasteiger partial charge in [0.1, 0.15) is 0 Å². The van der Waals surface area contributed by atoms with Crippen LogP contribution in [0, 0.1) is 0 Å². The van der Waals surface area contributed by atoms with Gasteiger partial charge in [0.05, 0.1) is 31.6 Å². The topological polar surface area (TPSA) is 99.6 Å². The molecule has 0 unspecified atom stereocenters. The third-order valence-electron chi connectivity index (χ3n) is 2.69. The van der Waals surface area contributed by atoms with Crippen LogP contribution in [0.3, 0.4) is 0 Å². The molecule has 0 saturated carbocycles. The van der Waals surface area contributed by atoms with E-state index in [1.54, 1.807) is 0 Å². The van der Waals surface area contributed by atoms with Gasteiger partial charge in [-0.2, -0.15) is 0 Å². The molecule has 1 aliphatic rings. The van der Waals surface area contributed by atoms with Gasteiger partial charge in [0.25, 0.3) is 0 Å². The molecule has 0 aromatic carbocycles. The number of aromatic nitrogens is 1. The number of hydrogen-bond donors (Lipinski definition) is 3. The predicted molar refractivity (Wildman–Crippen MR) is 56.4 cm³/mol. The molecule has 0 saturated heterocycles. The zero-order valence-electron chi connectivity index (χ0n) is 9.11. The summed E-state index contributed by atoms with van der Waals surface area (Å²) in [5.41, 5.74) is 0.679. The largest absolute Gasteiger partial charge is 0.492 e. The normalized spacial score (nSPS) is 14.6. The Bertz CT molecular complexity index is 526. The Morgan fingerprint density at radius 2 is 2.00 bits per heavy atom. The van der Waals surface area contributed by atoms with E-state index in [9.17, 15) is 14.7 Å². The van der Waals surface area contributed by atoms with Crippen molar-refractivity contribution >= 4 is 11.6 Å². The quantitative estimate of drug-likeness (QED) is 0.682. The number of ether oxygens (including phenoxy) is 1. The van der Waals surface area contributed by atoms with E-state index in [1.165, 1.54) is 7.11 Å². The van der Waals surface area contributed by atoms with Crippen LogP contribution in [0.2, 0.25) is 0 Å². The fourth-order valence-electron chi connectivity index (χ4n) is 1.87. The number of hydrogen-bond acceptors (Lipinski definition) is 5. The van der Waals surface area contributed by atoms with E-state index in [-0.39, 0.29) is 34.9 Å². The number of aliphatic hydroxyl groups is 2. The van der Waals surface area contributed by atoms with E-state index in [0.29, 0.717) is 0 Å². The number of Topliss-reactive ketones (excluding diaryl/α,β-unsaturated/α-hetero) is 1. The zero-order valence-corrected chi connectivity index (χ0v) is 9.11. The van der Waals surface area contributed by atoms with Crippen LogP contribution in [0.5, 0.6) is 0 Å². The zero-order chi connectivity index (χ0) is 12.6. The van der Waals surface area contributed by atoms with Gasteiger partial charge in [-0.1, -0.05) is 0 Å². The lowest BCUT2D eigenvalue weighted by atomic mass is 9.96. The molecule has 2 rings (SSSR count). The Morgan fingerprint density at radius 3 is 2.53 bits per heavy atom. The second-order valence-corrected chi connectivity index (χ2v) is 3.55. The molecule has 0 amide bonds. The minimum atomic E-state index is -0.470. The van der Waals surface area contributed by atoms with Crippen LogP contribution in [0.15, 0.2) is 11.8 Å². The Labute approximate surface area is 96.5 Å². The third-order valence-corrected chi connectivity index (χ3v) is 2.69. The van der Waals surface area contributed by atoms with Crippen LogP contribution in [0.1, 0.15) is 32.1 Å². The van der Waals surface area contributed by atoms with Gasteiger partial charge in [0, 0.05) is 17.3 Å². The summed E-state index contributed by atoms with van der Waals surface area (Å²) in [4.78, 5) is 26.3. The standard InChI is InChI=1S/C11H11NO5/c1-17-8-2-7(15)10-9(11(8)16)5(3-13)6(4-14)12-10/h2,12-14H,3-4H2,1H3. The summed E-state index contributed by atoms with van der Waals surface area (Å²) < 4.78 is 4.81. The minimum absolute atomic E-state index is 0.0688. The first-order valence-corrected chi connectivity index (χ1v) is 4.94. The Kier molecular flexibility index (Phi) is 2.83. The number of fused-ring (bicyclic) bond motifs is 1. The maximum Gasteiger partial charge on any atom is 0.230 e. The first-order valence-electron chi connectivity index (χ1n) is 4.94. The maximum atomic E-state index is 11.9. The van der Waals surface area contributed by atoms with Gasteiger partial charge < -0.3 is 19.9 Å². The van der Waals surface area contributed by atoms with Crippen molar-refractivity contribution in [2.24, 2.45) is 0 Å². The molecule has 0 bridgehead atoms. The first kappa shape index (κ1) is 11.6. The van der Waals surface area contributed by atoms with Gasteiger partial charge in [-0.15, -0.1) is 0 Å². The molecule has 6 nitrogen and oxygen atoms in total. The number of H-pyrrole nitrogens is 1.